The lowest BCUT2D eigenvalue weighted by atomic mass is 10.1. The quantitative estimate of drug-likeness (QED) is 0.477. The second-order valence-corrected chi connectivity index (χ2v) is 8.45. The van der Waals surface area contributed by atoms with Gasteiger partial charge in [0, 0.05) is 18.1 Å². The predicted octanol–water partition coefficient (Wildman–Crippen LogP) is 4.10. The largest absolute Gasteiger partial charge is 0.348 e. The molecular weight excluding hydrogens is 417 g/mol. The second-order valence-electron chi connectivity index (χ2n) is 6.79. The van der Waals surface area contributed by atoms with Crippen LogP contribution < -0.4 is 10.0 Å². The number of carbonyl (C=O) groups excluding carboxylic acids is 1. The van der Waals surface area contributed by atoms with Crippen LogP contribution in [0.3, 0.4) is 0 Å². The van der Waals surface area contributed by atoms with Crippen molar-refractivity contribution >= 4 is 32.5 Å². The van der Waals surface area contributed by atoms with Crippen LogP contribution >= 0.6 is 0 Å². The van der Waals surface area contributed by atoms with E-state index in [1.54, 1.807) is 24.3 Å². The van der Waals surface area contributed by atoms with Crippen LogP contribution in [0.1, 0.15) is 15.9 Å². The Labute approximate surface area is 178 Å². The highest BCUT2D eigenvalue weighted by atomic mass is 32.2. The van der Waals surface area contributed by atoms with Crippen LogP contribution in [0.4, 0.5) is 10.1 Å². The number of halogens is 1. The fraction of sp³-hybridized carbons (Fsp3) is 0.0435. The topological polar surface area (TPSA) is 88.2 Å². The van der Waals surface area contributed by atoms with Crippen LogP contribution in [-0.4, -0.2) is 19.3 Å². The third kappa shape index (κ3) is 4.54. The van der Waals surface area contributed by atoms with E-state index in [0.717, 1.165) is 17.7 Å². The minimum Gasteiger partial charge on any atom is -0.348 e. The molecule has 31 heavy (non-hydrogen) atoms. The lowest BCUT2D eigenvalue weighted by molar-refractivity contribution is 0.0951. The summed E-state index contributed by atoms with van der Waals surface area (Å²) in [6.45, 7) is 0.218. The van der Waals surface area contributed by atoms with Gasteiger partial charge < -0.3 is 5.32 Å². The molecule has 4 aromatic rings. The molecule has 0 radical (unpaired) electrons. The van der Waals surface area contributed by atoms with E-state index in [4.69, 9.17) is 0 Å². The molecule has 3 aromatic carbocycles. The first-order valence-electron chi connectivity index (χ1n) is 9.42. The molecule has 1 aromatic heterocycles. The maximum atomic E-state index is 13.9. The van der Waals surface area contributed by atoms with E-state index in [1.807, 2.05) is 30.3 Å². The molecule has 0 aliphatic heterocycles. The monoisotopic (exact) mass is 435 g/mol. The number of aromatic nitrogens is 1. The van der Waals surface area contributed by atoms with Crippen molar-refractivity contribution in [2.24, 2.45) is 0 Å². The summed E-state index contributed by atoms with van der Waals surface area (Å²) in [5.41, 5.74) is 1.01. The van der Waals surface area contributed by atoms with Crippen molar-refractivity contribution in [3.63, 3.8) is 0 Å². The first-order valence-corrected chi connectivity index (χ1v) is 10.9. The summed E-state index contributed by atoms with van der Waals surface area (Å²) in [7, 11) is -4.09. The van der Waals surface area contributed by atoms with Gasteiger partial charge in [-0.05, 0) is 35.9 Å². The van der Waals surface area contributed by atoms with Crippen LogP contribution in [0.5, 0.6) is 0 Å². The molecule has 0 aliphatic carbocycles. The third-order valence-electron chi connectivity index (χ3n) is 4.65. The first-order chi connectivity index (χ1) is 14.9. The van der Waals surface area contributed by atoms with Gasteiger partial charge >= 0.3 is 0 Å². The summed E-state index contributed by atoms with van der Waals surface area (Å²) < 4.78 is 42.4. The number of pyridine rings is 1. The summed E-state index contributed by atoms with van der Waals surface area (Å²) in [6.07, 6.45) is 1.50. The Morgan fingerprint density at radius 2 is 1.71 bits per heavy atom. The summed E-state index contributed by atoms with van der Waals surface area (Å²) in [5, 5.41) is 3.34. The number of nitrogens with one attached hydrogen (secondary N) is 2. The molecule has 0 spiro atoms. The maximum Gasteiger partial charge on any atom is 0.264 e. The van der Waals surface area contributed by atoms with Crippen molar-refractivity contribution in [1.29, 1.82) is 0 Å². The average Bonchev–Trinajstić information content (AvgIpc) is 2.79. The molecule has 6 nitrogen and oxygen atoms in total. The Hall–Kier alpha value is -3.78. The summed E-state index contributed by atoms with van der Waals surface area (Å²) in [4.78, 5) is 16.8. The molecule has 0 aliphatic rings. The van der Waals surface area contributed by atoms with Crippen LogP contribution in [0, 0.1) is 5.82 Å². The number of para-hydroxylation sites is 1. The Balaban J connectivity index is 1.64. The van der Waals surface area contributed by atoms with E-state index in [0.29, 0.717) is 10.9 Å². The van der Waals surface area contributed by atoms with Gasteiger partial charge in [0.15, 0.2) is 0 Å². The van der Waals surface area contributed by atoms with Crippen LogP contribution in [0.15, 0.2) is 90.0 Å². The summed E-state index contributed by atoms with van der Waals surface area (Å²) in [6, 6.07) is 20.8. The molecule has 2 N–H and O–H groups in total. The molecule has 0 fully saturated rings. The Bertz CT molecular complexity index is 1350. The van der Waals surface area contributed by atoms with Crippen molar-refractivity contribution in [2.45, 2.75) is 11.4 Å². The maximum absolute atomic E-state index is 13.9. The van der Waals surface area contributed by atoms with Crippen molar-refractivity contribution < 1.29 is 17.6 Å². The average molecular weight is 435 g/mol. The van der Waals surface area contributed by atoms with Crippen molar-refractivity contribution in [1.82, 2.24) is 10.3 Å². The van der Waals surface area contributed by atoms with Crippen LogP contribution in [0.2, 0.25) is 0 Å². The minimum atomic E-state index is -4.09. The number of fused-ring (bicyclic) bond motifs is 1. The van der Waals surface area contributed by atoms with E-state index >= 15 is 0 Å². The third-order valence-corrected chi connectivity index (χ3v) is 6.05. The fourth-order valence-electron chi connectivity index (χ4n) is 3.16. The van der Waals surface area contributed by atoms with E-state index < -0.39 is 21.7 Å². The predicted molar refractivity (Wildman–Crippen MR) is 117 cm³/mol. The molecule has 4 rings (SSSR count). The number of rotatable bonds is 6. The second kappa shape index (κ2) is 8.53. The molecule has 1 amide bonds. The number of benzene rings is 3. The number of hydrogen-bond donors (Lipinski definition) is 2. The van der Waals surface area contributed by atoms with E-state index in [2.05, 4.69) is 15.0 Å². The number of amides is 1. The molecule has 0 unspecified atom stereocenters. The van der Waals surface area contributed by atoms with Gasteiger partial charge in [-0.3, -0.25) is 14.5 Å². The first kappa shape index (κ1) is 20.5. The van der Waals surface area contributed by atoms with Crippen molar-refractivity contribution in [3.05, 3.63) is 102 Å². The number of hydrogen-bond acceptors (Lipinski definition) is 4. The Kier molecular flexibility index (Phi) is 5.64. The zero-order chi connectivity index (χ0) is 21.8. The molecular formula is C23H18FN3O3S. The van der Waals surface area contributed by atoms with E-state index in [-0.39, 0.29) is 22.7 Å². The van der Waals surface area contributed by atoms with Gasteiger partial charge in [-0.25, -0.2) is 12.8 Å². The lowest BCUT2D eigenvalue weighted by Crippen LogP contribution is -2.25. The van der Waals surface area contributed by atoms with Gasteiger partial charge in [-0.15, -0.1) is 0 Å². The fourth-order valence-corrected chi connectivity index (χ4v) is 4.42. The van der Waals surface area contributed by atoms with E-state index in [1.165, 1.54) is 18.3 Å². The molecule has 8 heteroatoms. The summed E-state index contributed by atoms with van der Waals surface area (Å²) >= 11 is 0. The highest BCUT2D eigenvalue weighted by Crippen LogP contribution is 2.25. The highest BCUT2D eigenvalue weighted by Gasteiger charge is 2.22. The van der Waals surface area contributed by atoms with Gasteiger partial charge in [0.05, 0.1) is 16.8 Å². The number of anilines is 1. The normalized spacial score (nSPS) is 11.3. The molecule has 156 valence electrons. The Morgan fingerprint density at radius 3 is 2.52 bits per heavy atom. The van der Waals surface area contributed by atoms with Gasteiger partial charge in [0.1, 0.15) is 10.7 Å². The zero-order valence-corrected chi connectivity index (χ0v) is 17.1. The van der Waals surface area contributed by atoms with Gasteiger partial charge in [0.25, 0.3) is 15.9 Å². The van der Waals surface area contributed by atoms with Gasteiger partial charge in [-0.1, -0.05) is 48.5 Å². The SMILES string of the molecule is O=C(NCc1ccccc1)c1cc(F)ccc1NS(=O)(=O)c1cccc2cccnc12. The standard InChI is InChI=1S/C23H18FN3O3S/c24-18-11-12-20(19(14-18)23(28)26-15-16-6-2-1-3-7-16)27-31(29,30)21-10-4-8-17-9-5-13-25-22(17)21/h1-14,27H,15H2,(H,26,28). The lowest BCUT2D eigenvalue weighted by Gasteiger charge is -2.14. The molecule has 0 atom stereocenters. The molecule has 0 saturated heterocycles. The van der Waals surface area contributed by atoms with Crippen molar-refractivity contribution in [3.8, 4) is 0 Å². The number of carbonyl (C=O) groups is 1. The van der Waals surface area contributed by atoms with Gasteiger partial charge in [0.2, 0.25) is 0 Å². The van der Waals surface area contributed by atoms with Crippen molar-refractivity contribution in [2.75, 3.05) is 4.72 Å². The smallest absolute Gasteiger partial charge is 0.264 e. The minimum absolute atomic E-state index is 0.0279. The number of nitrogens with zero attached hydrogens (tertiary/aromatic N) is 1. The zero-order valence-electron chi connectivity index (χ0n) is 16.2. The highest BCUT2D eigenvalue weighted by molar-refractivity contribution is 7.93. The summed E-state index contributed by atoms with van der Waals surface area (Å²) in [5.74, 6) is -1.25. The van der Waals surface area contributed by atoms with Gasteiger partial charge in [-0.2, -0.15) is 0 Å². The van der Waals surface area contributed by atoms with Crippen LogP contribution in [-0.2, 0) is 16.6 Å². The molecule has 0 bridgehead atoms. The molecule has 1 heterocycles. The molecule has 0 saturated carbocycles. The van der Waals surface area contributed by atoms with Crippen LogP contribution in [0.25, 0.3) is 10.9 Å². The Morgan fingerprint density at radius 1 is 0.935 bits per heavy atom. The number of sulfonamides is 1. The van der Waals surface area contributed by atoms with E-state index in [9.17, 15) is 17.6 Å².